The largest absolute Gasteiger partial charge is 0.370 e. The number of anilines is 2. The van der Waals surface area contributed by atoms with Crippen LogP contribution in [0, 0.1) is 0 Å². The zero-order valence-corrected chi connectivity index (χ0v) is 13.2. The number of nitrogens with one attached hydrogen (secondary N) is 2. The van der Waals surface area contributed by atoms with Crippen molar-refractivity contribution in [3.8, 4) is 0 Å². The summed E-state index contributed by atoms with van der Waals surface area (Å²) in [6.07, 6.45) is -3.23. The van der Waals surface area contributed by atoms with Crippen molar-refractivity contribution >= 4 is 29.1 Å². The van der Waals surface area contributed by atoms with Crippen LogP contribution >= 0.6 is 0 Å². The van der Waals surface area contributed by atoms with Gasteiger partial charge in [-0.15, -0.1) is 0 Å². The van der Waals surface area contributed by atoms with Crippen LogP contribution in [0.1, 0.15) is 0 Å². The van der Waals surface area contributed by atoms with E-state index < -0.39 is 24.3 Å². The van der Waals surface area contributed by atoms with Crippen molar-refractivity contribution < 1.29 is 27.9 Å². The fraction of sp³-hybridized carbons (Fsp3) is 0.400. The quantitative estimate of drug-likeness (QED) is 0.647. The first-order chi connectivity index (χ1) is 11.9. The summed E-state index contributed by atoms with van der Waals surface area (Å²) in [4.78, 5) is 36.3. The second-order valence-corrected chi connectivity index (χ2v) is 5.23. The van der Waals surface area contributed by atoms with Crippen molar-refractivity contribution in [2.24, 2.45) is 5.73 Å². The van der Waals surface area contributed by atoms with Gasteiger partial charge in [0.25, 0.3) is 11.8 Å². The minimum absolute atomic E-state index is 0.0144. The van der Waals surface area contributed by atoms with Crippen molar-refractivity contribution in [3.05, 3.63) is 24.3 Å². The van der Waals surface area contributed by atoms with Crippen molar-refractivity contribution in [1.29, 1.82) is 0 Å². The summed E-state index contributed by atoms with van der Waals surface area (Å²) in [6, 6.07) is 5.10. The van der Waals surface area contributed by atoms with Crippen LogP contribution in [0.5, 0.6) is 0 Å². The molecule has 1 aliphatic rings. The number of ether oxygens (including phenoxy) is 1. The summed E-state index contributed by atoms with van der Waals surface area (Å²) in [5.41, 5.74) is 6.36. The van der Waals surface area contributed by atoms with Crippen LogP contribution in [0.3, 0.4) is 0 Å². The minimum Gasteiger partial charge on any atom is -0.370 e. The Bertz CT molecular complexity index is 639. The Morgan fingerprint density at radius 1 is 1.24 bits per heavy atom. The highest BCUT2D eigenvalue weighted by molar-refractivity contribution is 5.98. The van der Waals surface area contributed by atoms with Gasteiger partial charge in [-0.1, -0.05) is 0 Å². The molecule has 1 heterocycles. The van der Waals surface area contributed by atoms with Gasteiger partial charge in [0.1, 0.15) is 12.6 Å². The van der Waals surface area contributed by atoms with Gasteiger partial charge in [-0.05, 0) is 24.3 Å². The molecule has 1 aromatic rings. The van der Waals surface area contributed by atoms with Gasteiger partial charge in [-0.2, -0.15) is 8.78 Å². The van der Waals surface area contributed by atoms with E-state index >= 15 is 0 Å². The Morgan fingerprint density at radius 2 is 1.92 bits per heavy atom. The fourth-order valence-corrected chi connectivity index (χ4v) is 2.21. The molecule has 0 aliphatic carbocycles. The Morgan fingerprint density at radius 3 is 2.48 bits per heavy atom. The lowest BCUT2D eigenvalue weighted by Crippen LogP contribution is -2.50. The van der Waals surface area contributed by atoms with Crippen LogP contribution in [0.4, 0.5) is 20.2 Å². The number of alkyl halides is 2. The summed E-state index contributed by atoms with van der Waals surface area (Å²) < 4.78 is 29.5. The highest BCUT2D eigenvalue weighted by Gasteiger charge is 2.24. The smallest absolute Gasteiger partial charge is 0.315 e. The van der Waals surface area contributed by atoms with E-state index in [4.69, 9.17) is 10.5 Å². The summed E-state index contributed by atoms with van der Waals surface area (Å²) in [7, 11) is 0. The normalized spacial score (nSPS) is 15.8. The molecule has 0 aromatic heterocycles. The number of amides is 3. The van der Waals surface area contributed by atoms with E-state index in [0.29, 0.717) is 24.5 Å². The van der Waals surface area contributed by atoms with Crippen LogP contribution < -0.4 is 21.3 Å². The first-order valence-electron chi connectivity index (χ1n) is 7.50. The number of carbonyl (C=O) groups excluding carboxylic acids is 3. The highest BCUT2D eigenvalue weighted by atomic mass is 19.3. The van der Waals surface area contributed by atoms with Crippen LogP contribution in [0.15, 0.2) is 24.3 Å². The second-order valence-electron chi connectivity index (χ2n) is 5.23. The van der Waals surface area contributed by atoms with Crippen LogP contribution in [-0.2, 0) is 19.1 Å². The number of hydrogen-bond donors (Lipinski definition) is 3. The van der Waals surface area contributed by atoms with Gasteiger partial charge in [0.05, 0.1) is 6.61 Å². The van der Waals surface area contributed by atoms with Crippen LogP contribution in [-0.4, -0.2) is 56.5 Å². The van der Waals surface area contributed by atoms with Gasteiger partial charge in [-0.25, -0.2) is 0 Å². The average molecular weight is 356 g/mol. The molecule has 0 unspecified atom stereocenters. The van der Waals surface area contributed by atoms with Crippen LogP contribution in [0.2, 0.25) is 0 Å². The number of rotatable bonds is 6. The zero-order valence-electron chi connectivity index (χ0n) is 13.2. The lowest BCUT2D eigenvalue weighted by molar-refractivity contribution is -0.134. The molecular weight excluding hydrogens is 338 g/mol. The van der Waals surface area contributed by atoms with E-state index in [1.807, 2.05) is 5.32 Å². The summed E-state index contributed by atoms with van der Waals surface area (Å²) in [6.45, 7) is 0.552. The van der Waals surface area contributed by atoms with Crippen LogP contribution in [0.25, 0.3) is 0 Å². The number of halogens is 2. The molecule has 0 radical (unpaired) electrons. The third-order valence-electron chi connectivity index (χ3n) is 3.50. The molecule has 0 spiro atoms. The molecular formula is C15H18F2N4O4. The molecule has 1 aromatic carbocycles. The van der Waals surface area contributed by atoms with Crippen molar-refractivity contribution in [3.63, 3.8) is 0 Å². The van der Waals surface area contributed by atoms with Gasteiger partial charge in [0.15, 0.2) is 0 Å². The Kier molecular flexibility index (Phi) is 6.37. The Hall–Kier alpha value is -2.59. The van der Waals surface area contributed by atoms with Crippen molar-refractivity contribution in [2.75, 3.05) is 36.5 Å². The van der Waals surface area contributed by atoms with Gasteiger partial charge >= 0.3 is 6.43 Å². The molecule has 1 atom stereocenters. The van der Waals surface area contributed by atoms with Gasteiger partial charge in [0, 0.05) is 24.5 Å². The van der Waals surface area contributed by atoms with Gasteiger partial charge in [-0.3, -0.25) is 14.4 Å². The van der Waals surface area contributed by atoms with E-state index in [1.54, 1.807) is 29.2 Å². The molecule has 1 fully saturated rings. The summed E-state index contributed by atoms with van der Waals surface area (Å²) in [5, 5.41) is 4.33. The lowest BCUT2D eigenvalue weighted by atomic mass is 10.2. The highest BCUT2D eigenvalue weighted by Crippen LogP contribution is 2.19. The first kappa shape index (κ1) is 18.7. The molecule has 3 amide bonds. The number of hydrogen-bond acceptors (Lipinski definition) is 5. The first-order valence-corrected chi connectivity index (χ1v) is 7.50. The summed E-state index contributed by atoms with van der Waals surface area (Å²) in [5.74, 6) is -2.44. The zero-order chi connectivity index (χ0) is 18.4. The molecule has 1 saturated heterocycles. The molecule has 1 aliphatic heterocycles. The molecule has 136 valence electrons. The minimum atomic E-state index is -3.23. The average Bonchev–Trinajstić information content (AvgIpc) is 2.60. The number of nitrogens with zero attached hydrogens (tertiary/aromatic N) is 1. The fourth-order valence-electron chi connectivity index (χ4n) is 2.21. The second kappa shape index (κ2) is 8.49. The van der Waals surface area contributed by atoms with E-state index in [1.165, 1.54) is 0 Å². The maximum absolute atomic E-state index is 12.2. The molecule has 2 rings (SSSR count). The summed E-state index contributed by atoms with van der Waals surface area (Å²) >= 11 is 0. The molecule has 8 nitrogen and oxygen atoms in total. The van der Waals surface area contributed by atoms with Crippen molar-refractivity contribution in [1.82, 2.24) is 5.32 Å². The third-order valence-corrected chi connectivity index (χ3v) is 3.50. The Balaban J connectivity index is 1.98. The van der Waals surface area contributed by atoms with E-state index in [0.717, 1.165) is 0 Å². The number of morpholine rings is 1. The Labute approximate surface area is 142 Å². The number of benzene rings is 1. The predicted octanol–water partition coefficient (Wildman–Crippen LogP) is -0.303. The predicted molar refractivity (Wildman–Crippen MR) is 85.2 cm³/mol. The topological polar surface area (TPSA) is 114 Å². The van der Waals surface area contributed by atoms with Crippen molar-refractivity contribution in [2.45, 2.75) is 12.5 Å². The third kappa shape index (κ3) is 4.94. The van der Waals surface area contributed by atoms with Gasteiger partial charge < -0.3 is 26.0 Å². The number of nitrogens with two attached hydrogens (primary N) is 1. The molecule has 10 heteroatoms. The standard InChI is InChI=1S/C15H18F2N4O4/c16-13(17)15(24)20-11(7-18)14(23)19-9-1-3-10(4-2-9)21-5-6-25-8-12(21)22/h1-4,11,13H,5-8,18H2,(H,19,23)(H,20,24)/t11-/m0/s1. The SMILES string of the molecule is NC[C@H](NC(=O)C(F)F)C(=O)Nc1ccc(N2CCOCC2=O)cc1. The van der Waals surface area contributed by atoms with Gasteiger partial charge in [0.2, 0.25) is 5.91 Å². The number of carbonyl (C=O) groups is 3. The molecule has 0 bridgehead atoms. The molecule has 4 N–H and O–H groups in total. The van der Waals surface area contributed by atoms with E-state index in [9.17, 15) is 23.2 Å². The maximum Gasteiger partial charge on any atom is 0.315 e. The monoisotopic (exact) mass is 356 g/mol. The molecule has 25 heavy (non-hydrogen) atoms. The lowest BCUT2D eigenvalue weighted by Gasteiger charge is -2.27. The van der Waals surface area contributed by atoms with E-state index in [2.05, 4.69) is 5.32 Å². The molecule has 0 saturated carbocycles. The van der Waals surface area contributed by atoms with E-state index in [-0.39, 0.29) is 19.1 Å². The maximum atomic E-state index is 12.2.